The lowest BCUT2D eigenvalue weighted by Gasteiger charge is -2.22. The number of carbonyl (C=O) groups is 1. The number of alkyl halides is 2. The summed E-state index contributed by atoms with van der Waals surface area (Å²) >= 11 is 0. The molecule has 1 aliphatic rings. The summed E-state index contributed by atoms with van der Waals surface area (Å²) in [7, 11) is 3.01. The number of carbonyl (C=O) groups excluding carboxylic acids is 1. The van der Waals surface area contributed by atoms with Crippen molar-refractivity contribution in [1.82, 2.24) is 4.90 Å². The van der Waals surface area contributed by atoms with E-state index in [0.717, 1.165) is 6.42 Å². The fourth-order valence-corrected chi connectivity index (χ4v) is 2.67. The lowest BCUT2D eigenvalue weighted by molar-refractivity contribution is -0.141. The van der Waals surface area contributed by atoms with Gasteiger partial charge in [0.1, 0.15) is 6.10 Å². The summed E-state index contributed by atoms with van der Waals surface area (Å²) in [6.45, 7) is -2.32. The molecule has 1 aromatic carbocycles. The highest BCUT2D eigenvalue weighted by Gasteiger charge is 2.31. The Hall–Kier alpha value is -1.93. The van der Waals surface area contributed by atoms with E-state index in [0.29, 0.717) is 18.5 Å². The number of hydrogen-bond acceptors (Lipinski definition) is 5. The van der Waals surface area contributed by atoms with Gasteiger partial charge in [0.05, 0.1) is 13.2 Å². The molecule has 0 radical (unpaired) electrons. The second-order valence-corrected chi connectivity index (χ2v) is 5.62. The maximum absolute atomic E-state index is 12.5. The number of likely N-dealkylation sites (N-methyl/N-ethyl adjacent to an activating group) is 1. The monoisotopic (exact) mass is 344 g/mol. The molecule has 2 N–H and O–H groups in total. The fourth-order valence-electron chi connectivity index (χ4n) is 2.67. The SMILES string of the molecule is COc1ccc(CN(C)C(=O)[C@@H]2CC[C@H](CN)O2)cc1OC(F)F. The lowest BCUT2D eigenvalue weighted by Crippen LogP contribution is -2.36. The Labute approximate surface area is 139 Å². The zero-order valence-electron chi connectivity index (χ0n) is 13.7. The summed E-state index contributed by atoms with van der Waals surface area (Å²) in [5.41, 5.74) is 6.19. The normalized spacial score (nSPS) is 20.2. The van der Waals surface area contributed by atoms with Gasteiger partial charge in [0.2, 0.25) is 0 Å². The molecule has 24 heavy (non-hydrogen) atoms. The number of rotatable bonds is 7. The van der Waals surface area contributed by atoms with E-state index in [9.17, 15) is 13.6 Å². The summed E-state index contributed by atoms with van der Waals surface area (Å²) in [6.07, 6.45) is 0.807. The molecule has 0 aliphatic carbocycles. The molecule has 2 rings (SSSR count). The first-order valence-corrected chi connectivity index (χ1v) is 7.66. The van der Waals surface area contributed by atoms with E-state index in [2.05, 4.69) is 4.74 Å². The number of nitrogens with two attached hydrogens (primary N) is 1. The van der Waals surface area contributed by atoms with Gasteiger partial charge in [-0.3, -0.25) is 4.79 Å². The van der Waals surface area contributed by atoms with Crippen molar-refractivity contribution >= 4 is 5.91 Å². The number of hydrogen-bond donors (Lipinski definition) is 1. The summed E-state index contributed by atoms with van der Waals surface area (Å²) in [6, 6.07) is 4.66. The minimum absolute atomic E-state index is 0.0637. The molecule has 134 valence electrons. The second kappa shape index (κ2) is 8.25. The fraction of sp³-hybridized carbons (Fsp3) is 0.562. The predicted octanol–water partition coefficient (Wildman–Crippen LogP) is 1.76. The third kappa shape index (κ3) is 4.55. The number of methoxy groups -OCH3 is 1. The zero-order valence-corrected chi connectivity index (χ0v) is 13.7. The van der Waals surface area contributed by atoms with Crippen molar-refractivity contribution in [3.8, 4) is 11.5 Å². The Morgan fingerprint density at radius 1 is 1.42 bits per heavy atom. The minimum atomic E-state index is -2.95. The summed E-state index contributed by atoms with van der Waals surface area (Å²) in [5, 5.41) is 0. The number of ether oxygens (including phenoxy) is 3. The molecule has 1 aliphatic heterocycles. The van der Waals surface area contributed by atoms with Gasteiger partial charge in [-0.1, -0.05) is 6.07 Å². The van der Waals surface area contributed by atoms with Crippen molar-refractivity contribution in [1.29, 1.82) is 0 Å². The second-order valence-electron chi connectivity index (χ2n) is 5.62. The first-order chi connectivity index (χ1) is 11.4. The van der Waals surface area contributed by atoms with Crippen LogP contribution in [0.2, 0.25) is 0 Å². The van der Waals surface area contributed by atoms with E-state index >= 15 is 0 Å². The Balaban J connectivity index is 2.03. The van der Waals surface area contributed by atoms with Crippen LogP contribution in [-0.4, -0.2) is 50.3 Å². The van der Waals surface area contributed by atoms with Gasteiger partial charge < -0.3 is 24.8 Å². The van der Waals surface area contributed by atoms with Gasteiger partial charge >= 0.3 is 6.61 Å². The van der Waals surface area contributed by atoms with Crippen LogP contribution in [0.15, 0.2) is 18.2 Å². The first kappa shape index (κ1) is 18.4. The number of amides is 1. The predicted molar refractivity (Wildman–Crippen MR) is 83.0 cm³/mol. The van der Waals surface area contributed by atoms with E-state index in [1.807, 2.05) is 0 Å². The van der Waals surface area contributed by atoms with E-state index < -0.39 is 12.7 Å². The van der Waals surface area contributed by atoms with Crippen molar-refractivity contribution in [2.45, 2.75) is 38.2 Å². The van der Waals surface area contributed by atoms with Crippen molar-refractivity contribution < 1.29 is 27.8 Å². The van der Waals surface area contributed by atoms with Gasteiger partial charge in [0.15, 0.2) is 11.5 Å². The highest BCUT2D eigenvalue weighted by Crippen LogP contribution is 2.30. The average molecular weight is 344 g/mol. The van der Waals surface area contributed by atoms with Crippen molar-refractivity contribution in [2.75, 3.05) is 20.7 Å². The van der Waals surface area contributed by atoms with Crippen LogP contribution in [0.4, 0.5) is 8.78 Å². The molecule has 1 amide bonds. The van der Waals surface area contributed by atoms with Crippen LogP contribution in [0.1, 0.15) is 18.4 Å². The Morgan fingerprint density at radius 3 is 2.75 bits per heavy atom. The zero-order chi connectivity index (χ0) is 17.7. The molecular weight excluding hydrogens is 322 g/mol. The van der Waals surface area contributed by atoms with Crippen molar-refractivity contribution in [3.05, 3.63) is 23.8 Å². The van der Waals surface area contributed by atoms with Crippen LogP contribution < -0.4 is 15.2 Å². The van der Waals surface area contributed by atoms with Crippen molar-refractivity contribution in [3.63, 3.8) is 0 Å². The van der Waals surface area contributed by atoms with E-state index in [1.165, 1.54) is 24.1 Å². The molecule has 0 unspecified atom stereocenters. The molecule has 1 saturated heterocycles. The van der Waals surface area contributed by atoms with Crippen LogP contribution >= 0.6 is 0 Å². The summed E-state index contributed by atoms with van der Waals surface area (Å²) in [5.74, 6) is -0.0119. The van der Waals surface area contributed by atoms with E-state index in [-0.39, 0.29) is 30.1 Å². The molecule has 8 heteroatoms. The summed E-state index contributed by atoms with van der Waals surface area (Å²) < 4.78 is 39.9. The van der Waals surface area contributed by atoms with Crippen LogP contribution in [0.3, 0.4) is 0 Å². The lowest BCUT2D eigenvalue weighted by atomic mass is 10.1. The Kier molecular flexibility index (Phi) is 6.33. The maximum Gasteiger partial charge on any atom is 0.387 e. The number of nitrogens with zero attached hydrogens (tertiary/aromatic N) is 1. The summed E-state index contributed by atoms with van der Waals surface area (Å²) in [4.78, 5) is 13.9. The standard InChI is InChI=1S/C16H22F2N2O4/c1-20(15(21)13-6-4-11(8-19)23-13)9-10-3-5-12(22-2)14(7-10)24-16(17)18/h3,5,7,11,13,16H,4,6,8-9,19H2,1-2H3/t11-,13+/m1/s1. The number of halogens is 2. The topological polar surface area (TPSA) is 74.0 Å². The molecular formula is C16H22F2N2O4. The molecule has 0 saturated carbocycles. The van der Waals surface area contributed by atoms with Crippen LogP contribution in [-0.2, 0) is 16.1 Å². The van der Waals surface area contributed by atoms with Crippen molar-refractivity contribution in [2.24, 2.45) is 5.73 Å². The first-order valence-electron chi connectivity index (χ1n) is 7.66. The molecule has 6 nitrogen and oxygen atoms in total. The van der Waals surface area contributed by atoms with E-state index in [4.69, 9.17) is 15.2 Å². The van der Waals surface area contributed by atoms with Gasteiger partial charge in [-0.15, -0.1) is 0 Å². The molecule has 0 spiro atoms. The maximum atomic E-state index is 12.5. The van der Waals surface area contributed by atoms with Gasteiger partial charge in [-0.05, 0) is 30.5 Å². The quantitative estimate of drug-likeness (QED) is 0.816. The number of benzene rings is 1. The van der Waals surface area contributed by atoms with Gasteiger partial charge in [0.25, 0.3) is 5.91 Å². The van der Waals surface area contributed by atoms with Crippen LogP contribution in [0.5, 0.6) is 11.5 Å². The minimum Gasteiger partial charge on any atom is -0.493 e. The molecule has 0 aromatic heterocycles. The van der Waals surface area contributed by atoms with Gasteiger partial charge in [-0.25, -0.2) is 0 Å². The molecule has 1 fully saturated rings. The third-order valence-corrected chi connectivity index (χ3v) is 3.89. The highest BCUT2D eigenvalue weighted by atomic mass is 19.3. The van der Waals surface area contributed by atoms with Gasteiger partial charge in [0, 0.05) is 20.1 Å². The molecule has 2 atom stereocenters. The average Bonchev–Trinajstić information content (AvgIpc) is 3.03. The van der Waals surface area contributed by atoms with Gasteiger partial charge in [-0.2, -0.15) is 8.78 Å². The Bertz CT molecular complexity index is 571. The Morgan fingerprint density at radius 2 is 2.17 bits per heavy atom. The van der Waals surface area contributed by atoms with E-state index in [1.54, 1.807) is 13.1 Å². The molecule has 1 heterocycles. The van der Waals surface area contributed by atoms with Crippen LogP contribution in [0, 0.1) is 0 Å². The molecule has 1 aromatic rings. The third-order valence-electron chi connectivity index (χ3n) is 3.89. The largest absolute Gasteiger partial charge is 0.493 e. The smallest absolute Gasteiger partial charge is 0.387 e. The molecule has 0 bridgehead atoms. The highest BCUT2D eigenvalue weighted by molar-refractivity contribution is 5.81. The van der Waals surface area contributed by atoms with Crippen LogP contribution in [0.25, 0.3) is 0 Å².